The molecule has 0 fully saturated rings. The molecule has 0 radical (unpaired) electrons. The Morgan fingerprint density at radius 1 is 0.844 bits per heavy atom. The van der Waals surface area contributed by atoms with E-state index in [0.29, 0.717) is 17.8 Å². The Morgan fingerprint density at radius 2 is 1.66 bits per heavy atom. The molecule has 0 aliphatic carbocycles. The second-order valence-electron chi connectivity index (χ2n) is 7.66. The molecule has 0 amide bonds. The van der Waals surface area contributed by atoms with Crippen LogP contribution in [0.1, 0.15) is 5.56 Å². The van der Waals surface area contributed by atoms with E-state index in [-0.39, 0.29) is 5.63 Å². The predicted molar refractivity (Wildman–Crippen MR) is 129 cm³/mol. The summed E-state index contributed by atoms with van der Waals surface area (Å²) in [5.74, 6) is 0.833. The average Bonchev–Trinajstić information content (AvgIpc) is 2.83. The number of nitrogens with zero attached hydrogens (tertiary/aromatic N) is 1. The molecule has 0 N–H and O–H groups in total. The topological polar surface area (TPSA) is 52.3 Å². The quantitative estimate of drug-likeness (QED) is 0.259. The van der Waals surface area contributed by atoms with Gasteiger partial charge in [0.25, 0.3) is 0 Å². The fourth-order valence-corrected chi connectivity index (χ4v) is 4.65. The highest BCUT2D eigenvalue weighted by atomic mass is 79.9. The third kappa shape index (κ3) is 3.05. The lowest BCUT2D eigenvalue weighted by Gasteiger charge is -2.21. The lowest BCUT2D eigenvalue weighted by molar-refractivity contribution is 0.301. The molecule has 3 heterocycles. The van der Waals surface area contributed by atoms with Gasteiger partial charge in [-0.1, -0.05) is 58.4 Å². The van der Waals surface area contributed by atoms with Crippen LogP contribution in [0.25, 0.3) is 44.5 Å². The van der Waals surface area contributed by atoms with Crippen molar-refractivity contribution in [2.24, 2.45) is 0 Å². The maximum atomic E-state index is 13.1. The first-order valence-corrected chi connectivity index (χ1v) is 11.0. The Morgan fingerprint density at radius 3 is 2.53 bits per heavy atom. The predicted octanol–water partition coefficient (Wildman–Crippen LogP) is 6.84. The molecule has 0 bridgehead atoms. The number of aromatic nitrogens is 1. The minimum atomic E-state index is -0.375. The van der Waals surface area contributed by atoms with E-state index in [4.69, 9.17) is 14.1 Å². The van der Waals surface area contributed by atoms with Crippen molar-refractivity contribution in [1.29, 1.82) is 0 Å². The highest BCUT2D eigenvalue weighted by Crippen LogP contribution is 2.41. The van der Waals surface area contributed by atoms with Gasteiger partial charge >= 0.3 is 5.63 Å². The van der Waals surface area contributed by atoms with Crippen LogP contribution in [0, 0.1) is 0 Å². The largest absolute Gasteiger partial charge is 0.488 e. The van der Waals surface area contributed by atoms with Crippen LogP contribution in [-0.4, -0.2) is 4.98 Å². The molecular weight excluding hydrogens is 466 g/mol. The fourth-order valence-electron chi connectivity index (χ4n) is 4.28. The smallest absolute Gasteiger partial charge is 0.344 e. The molecule has 1 aliphatic heterocycles. The minimum Gasteiger partial charge on any atom is -0.488 e. The standard InChI is InChI=1S/C27H16BrNO3/c28-19-10-11-23-21(13-19)24(25(27(30)32-23)16-6-2-1-3-7-16)17-12-18-15-31-22-9-5-4-8-20(22)26(18)29-14-17/h1-14H,15H2. The summed E-state index contributed by atoms with van der Waals surface area (Å²) < 4.78 is 12.6. The van der Waals surface area contributed by atoms with Gasteiger partial charge in [0.2, 0.25) is 0 Å². The summed E-state index contributed by atoms with van der Waals surface area (Å²) in [5, 5.41) is 0.844. The van der Waals surface area contributed by atoms with Crippen molar-refractivity contribution in [1.82, 2.24) is 4.98 Å². The summed E-state index contributed by atoms with van der Waals surface area (Å²) >= 11 is 3.56. The van der Waals surface area contributed by atoms with Gasteiger partial charge in [0, 0.05) is 38.3 Å². The van der Waals surface area contributed by atoms with Crippen molar-refractivity contribution in [3.8, 4) is 39.3 Å². The van der Waals surface area contributed by atoms with Gasteiger partial charge in [-0.25, -0.2) is 4.79 Å². The number of fused-ring (bicyclic) bond motifs is 4. The highest BCUT2D eigenvalue weighted by Gasteiger charge is 2.22. The third-order valence-corrected chi connectivity index (χ3v) is 6.20. The molecule has 5 heteroatoms. The number of hydrogen-bond acceptors (Lipinski definition) is 4. The molecule has 32 heavy (non-hydrogen) atoms. The second-order valence-corrected chi connectivity index (χ2v) is 8.58. The summed E-state index contributed by atoms with van der Waals surface area (Å²) in [7, 11) is 0. The summed E-state index contributed by atoms with van der Waals surface area (Å²) in [4.78, 5) is 17.9. The number of hydrogen-bond donors (Lipinski definition) is 0. The van der Waals surface area contributed by atoms with Gasteiger partial charge in [-0.15, -0.1) is 0 Å². The Kier molecular flexibility index (Phi) is 4.44. The van der Waals surface area contributed by atoms with E-state index in [0.717, 1.165) is 49.1 Å². The van der Waals surface area contributed by atoms with Crippen LogP contribution in [0.3, 0.4) is 0 Å². The summed E-state index contributed by atoms with van der Waals surface area (Å²) in [6.07, 6.45) is 1.84. The number of para-hydroxylation sites is 1. The fraction of sp³-hybridized carbons (Fsp3) is 0.0370. The summed E-state index contributed by atoms with van der Waals surface area (Å²) in [6.45, 7) is 0.428. The monoisotopic (exact) mass is 481 g/mol. The van der Waals surface area contributed by atoms with Crippen LogP contribution < -0.4 is 10.4 Å². The zero-order valence-corrected chi connectivity index (χ0v) is 18.4. The minimum absolute atomic E-state index is 0.375. The molecule has 6 rings (SSSR count). The van der Waals surface area contributed by atoms with Gasteiger partial charge < -0.3 is 9.15 Å². The zero-order chi connectivity index (χ0) is 21.7. The van der Waals surface area contributed by atoms with E-state index in [1.54, 1.807) is 0 Å². The lowest BCUT2D eigenvalue weighted by atomic mass is 9.92. The number of halogens is 1. The zero-order valence-electron chi connectivity index (χ0n) is 16.8. The molecule has 0 saturated carbocycles. The third-order valence-electron chi connectivity index (χ3n) is 5.71. The maximum absolute atomic E-state index is 13.1. The van der Waals surface area contributed by atoms with Crippen LogP contribution in [0.5, 0.6) is 5.75 Å². The van der Waals surface area contributed by atoms with Crippen molar-refractivity contribution < 1.29 is 9.15 Å². The second kappa shape index (κ2) is 7.46. The van der Waals surface area contributed by atoms with Crippen LogP contribution in [0.4, 0.5) is 0 Å². The van der Waals surface area contributed by atoms with E-state index in [1.165, 1.54) is 0 Å². The van der Waals surface area contributed by atoms with Gasteiger partial charge in [-0.05, 0) is 42.0 Å². The Balaban J connectivity index is 1.66. The van der Waals surface area contributed by atoms with Crippen LogP contribution in [0.2, 0.25) is 0 Å². The van der Waals surface area contributed by atoms with Crippen LogP contribution >= 0.6 is 15.9 Å². The van der Waals surface area contributed by atoms with Crippen molar-refractivity contribution in [2.45, 2.75) is 6.61 Å². The lowest BCUT2D eigenvalue weighted by Crippen LogP contribution is -2.09. The maximum Gasteiger partial charge on any atom is 0.344 e. The summed E-state index contributed by atoms with van der Waals surface area (Å²) in [6, 6.07) is 25.2. The average molecular weight is 482 g/mol. The van der Waals surface area contributed by atoms with E-state index < -0.39 is 0 Å². The first kappa shape index (κ1) is 19.0. The molecule has 0 unspecified atom stereocenters. The number of rotatable bonds is 2. The van der Waals surface area contributed by atoms with Crippen molar-refractivity contribution in [3.63, 3.8) is 0 Å². The van der Waals surface area contributed by atoms with Crippen LogP contribution in [-0.2, 0) is 6.61 Å². The Bertz CT molecular complexity index is 1560. The van der Waals surface area contributed by atoms with E-state index >= 15 is 0 Å². The molecule has 3 aromatic carbocycles. The van der Waals surface area contributed by atoms with Crippen molar-refractivity contribution in [3.05, 3.63) is 106 Å². The molecule has 4 nitrogen and oxygen atoms in total. The Hall–Kier alpha value is -3.70. The molecule has 5 aromatic rings. The normalized spacial score (nSPS) is 12.2. The number of pyridine rings is 1. The van der Waals surface area contributed by atoms with Crippen LogP contribution in [0.15, 0.2) is 98.7 Å². The first-order chi connectivity index (χ1) is 15.7. The molecule has 154 valence electrons. The van der Waals surface area contributed by atoms with Gasteiger partial charge in [-0.3, -0.25) is 4.98 Å². The molecule has 0 spiro atoms. The molecular formula is C27H16BrNO3. The van der Waals surface area contributed by atoms with Crippen molar-refractivity contribution in [2.75, 3.05) is 0 Å². The number of ether oxygens (including phenoxy) is 1. The van der Waals surface area contributed by atoms with E-state index in [9.17, 15) is 4.79 Å². The van der Waals surface area contributed by atoms with Gasteiger partial charge in [0.15, 0.2) is 0 Å². The molecule has 0 atom stereocenters. The molecule has 0 saturated heterocycles. The van der Waals surface area contributed by atoms with E-state index in [2.05, 4.69) is 22.0 Å². The Labute approximate surface area is 192 Å². The highest BCUT2D eigenvalue weighted by molar-refractivity contribution is 9.10. The van der Waals surface area contributed by atoms with Gasteiger partial charge in [0.05, 0.1) is 11.3 Å². The molecule has 1 aliphatic rings. The SMILES string of the molecule is O=c1oc2ccc(Br)cc2c(-c2cnc3c(c2)COc2ccccc2-3)c1-c1ccccc1. The van der Waals surface area contributed by atoms with Crippen molar-refractivity contribution >= 4 is 26.9 Å². The molecule has 2 aromatic heterocycles. The van der Waals surface area contributed by atoms with Gasteiger partial charge in [-0.2, -0.15) is 0 Å². The first-order valence-electron chi connectivity index (χ1n) is 10.2. The summed E-state index contributed by atoms with van der Waals surface area (Å²) in [5.41, 5.74) is 6.00. The van der Waals surface area contributed by atoms with Gasteiger partial charge in [0.1, 0.15) is 17.9 Å². The number of benzene rings is 3. The van der Waals surface area contributed by atoms with E-state index in [1.807, 2.05) is 79.0 Å².